The summed E-state index contributed by atoms with van der Waals surface area (Å²) in [5.74, 6) is -0.423. The second-order valence-electron chi connectivity index (χ2n) is 7.43. The highest BCUT2D eigenvalue weighted by Crippen LogP contribution is 2.28. The van der Waals surface area contributed by atoms with E-state index < -0.39 is 12.1 Å². The second-order valence-corrected chi connectivity index (χ2v) is 8.84. The molecule has 3 N–H and O–H groups in total. The predicted octanol–water partition coefficient (Wildman–Crippen LogP) is 5.60. The van der Waals surface area contributed by atoms with Gasteiger partial charge >= 0.3 is 6.03 Å². The molecule has 2 aromatic carbocycles. The fourth-order valence-corrected chi connectivity index (χ4v) is 4.01. The van der Waals surface area contributed by atoms with Gasteiger partial charge in [0.05, 0.1) is 0 Å². The molecule has 1 heterocycles. The van der Waals surface area contributed by atoms with E-state index in [1.54, 1.807) is 12.1 Å². The van der Waals surface area contributed by atoms with E-state index in [1.165, 1.54) is 11.3 Å². The third kappa shape index (κ3) is 6.27. The normalized spacial score (nSPS) is 12.6. The number of carbonyl (C=O) groups is 2. The molecule has 0 radical (unpaired) electrons. The van der Waals surface area contributed by atoms with Gasteiger partial charge in [-0.05, 0) is 42.2 Å². The molecule has 2 atom stereocenters. The summed E-state index contributed by atoms with van der Waals surface area (Å²) in [6.45, 7) is 5.94. The number of nitrogens with zero attached hydrogens (tertiary/aromatic N) is 2. The second kappa shape index (κ2) is 11.1. The number of rotatable bonds is 8. The van der Waals surface area contributed by atoms with Crippen LogP contribution >= 0.6 is 22.9 Å². The highest BCUT2D eigenvalue weighted by molar-refractivity contribution is 7.18. The van der Waals surface area contributed by atoms with Gasteiger partial charge in [0.15, 0.2) is 0 Å². The molecule has 0 saturated carbocycles. The van der Waals surface area contributed by atoms with E-state index in [1.807, 2.05) is 57.2 Å². The molecule has 0 spiro atoms. The van der Waals surface area contributed by atoms with Crippen molar-refractivity contribution in [2.45, 2.75) is 39.7 Å². The van der Waals surface area contributed by atoms with Crippen LogP contribution in [0, 0.1) is 5.92 Å². The van der Waals surface area contributed by atoms with Crippen LogP contribution in [-0.2, 0) is 11.2 Å². The van der Waals surface area contributed by atoms with E-state index in [4.69, 9.17) is 11.6 Å². The number of hydrogen-bond donors (Lipinski definition) is 3. The minimum atomic E-state index is -0.729. The van der Waals surface area contributed by atoms with Crippen molar-refractivity contribution in [3.05, 3.63) is 59.1 Å². The lowest BCUT2D eigenvalue weighted by atomic mass is 9.98. The lowest BCUT2D eigenvalue weighted by Crippen LogP contribution is -2.49. The Kier molecular flexibility index (Phi) is 8.19. The SMILES string of the molecule is CCc1cccc(NC(=O)N[C@@H](C(=O)Nc2nnc(-c3cccc(Cl)c3)s2)[C@H](C)CC)c1. The Morgan fingerprint density at radius 2 is 1.84 bits per heavy atom. The molecule has 0 bridgehead atoms. The Balaban J connectivity index is 1.67. The average molecular weight is 472 g/mol. The fraction of sp³-hybridized carbons (Fsp3) is 0.304. The number of urea groups is 1. The lowest BCUT2D eigenvalue weighted by molar-refractivity contribution is -0.119. The molecule has 0 aliphatic heterocycles. The molecule has 0 aliphatic rings. The van der Waals surface area contributed by atoms with Crippen molar-refractivity contribution in [1.29, 1.82) is 0 Å². The summed E-state index contributed by atoms with van der Waals surface area (Å²) < 4.78 is 0. The summed E-state index contributed by atoms with van der Waals surface area (Å²) in [6, 6.07) is 13.7. The minimum absolute atomic E-state index is 0.0805. The van der Waals surface area contributed by atoms with E-state index in [0.717, 1.165) is 17.5 Å². The van der Waals surface area contributed by atoms with Crippen LogP contribution in [0.25, 0.3) is 10.6 Å². The van der Waals surface area contributed by atoms with Crippen LogP contribution in [0.1, 0.15) is 32.8 Å². The van der Waals surface area contributed by atoms with E-state index in [9.17, 15) is 9.59 Å². The van der Waals surface area contributed by atoms with Gasteiger partial charge in [-0.15, -0.1) is 10.2 Å². The first kappa shape index (κ1) is 23.7. The first-order valence-corrected chi connectivity index (χ1v) is 11.7. The van der Waals surface area contributed by atoms with Crippen LogP contribution < -0.4 is 16.0 Å². The summed E-state index contributed by atoms with van der Waals surface area (Å²) in [5, 5.41) is 18.2. The largest absolute Gasteiger partial charge is 0.326 e. The van der Waals surface area contributed by atoms with Crippen LogP contribution in [0.2, 0.25) is 5.02 Å². The van der Waals surface area contributed by atoms with E-state index in [0.29, 0.717) is 27.3 Å². The number of aromatic nitrogens is 2. The van der Waals surface area contributed by atoms with Gasteiger partial charge in [-0.25, -0.2) is 4.79 Å². The van der Waals surface area contributed by atoms with Gasteiger partial charge < -0.3 is 10.6 Å². The molecule has 0 aliphatic carbocycles. The number of halogens is 1. The summed E-state index contributed by atoms with van der Waals surface area (Å²) >= 11 is 7.29. The molecule has 7 nitrogen and oxygen atoms in total. The minimum Gasteiger partial charge on any atom is -0.326 e. The summed E-state index contributed by atoms with van der Waals surface area (Å²) in [6.07, 6.45) is 1.58. The topological polar surface area (TPSA) is 96.0 Å². The highest BCUT2D eigenvalue weighted by atomic mass is 35.5. The number of aryl methyl sites for hydroxylation is 1. The highest BCUT2D eigenvalue weighted by Gasteiger charge is 2.27. The maximum atomic E-state index is 13.0. The molecule has 3 aromatic rings. The van der Waals surface area contributed by atoms with Crippen LogP contribution in [-0.4, -0.2) is 28.2 Å². The molecular formula is C23H26ClN5O2S. The summed E-state index contributed by atoms with van der Waals surface area (Å²) in [5.41, 5.74) is 2.62. The molecule has 0 unspecified atom stereocenters. The lowest BCUT2D eigenvalue weighted by Gasteiger charge is -2.23. The summed E-state index contributed by atoms with van der Waals surface area (Å²) in [4.78, 5) is 25.5. The number of amides is 3. The predicted molar refractivity (Wildman–Crippen MR) is 130 cm³/mol. The zero-order chi connectivity index (χ0) is 23.1. The number of carbonyl (C=O) groups excluding carboxylic acids is 2. The number of benzene rings is 2. The molecule has 9 heteroatoms. The Labute approximate surface area is 196 Å². The fourth-order valence-electron chi connectivity index (χ4n) is 3.07. The van der Waals surface area contributed by atoms with Gasteiger partial charge in [0.2, 0.25) is 11.0 Å². The van der Waals surface area contributed by atoms with Gasteiger partial charge in [-0.1, -0.05) is 74.4 Å². The number of nitrogens with one attached hydrogen (secondary N) is 3. The van der Waals surface area contributed by atoms with Crippen LogP contribution in [0.3, 0.4) is 0 Å². The van der Waals surface area contributed by atoms with Crippen molar-refractivity contribution in [2.24, 2.45) is 5.92 Å². The van der Waals surface area contributed by atoms with Crippen molar-refractivity contribution in [1.82, 2.24) is 15.5 Å². The van der Waals surface area contributed by atoms with Crippen LogP contribution in [0.5, 0.6) is 0 Å². The maximum absolute atomic E-state index is 13.0. The Morgan fingerprint density at radius 1 is 1.06 bits per heavy atom. The summed E-state index contributed by atoms with van der Waals surface area (Å²) in [7, 11) is 0. The number of anilines is 2. The molecule has 3 amide bonds. The van der Waals surface area contributed by atoms with Crippen molar-refractivity contribution < 1.29 is 9.59 Å². The molecule has 32 heavy (non-hydrogen) atoms. The smallest absolute Gasteiger partial charge is 0.319 e. The van der Waals surface area contributed by atoms with E-state index in [-0.39, 0.29) is 11.8 Å². The average Bonchev–Trinajstić information content (AvgIpc) is 3.25. The van der Waals surface area contributed by atoms with Gasteiger partial charge in [0, 0.05) is 16.3 Å². The molecule has 0 saturated heterocycles. The standard InChI is InChI=1S/C23H26ClN5O2S/c1-4-14(3)19(26-22(31)25-18-11-6-8-15(5-2)12-18)20(30)27-23-29-28-21(32-23)16-9-7-10-17(24)13-16/h6-14,19H,4-5H2,1-3H3,(H2,25,26,31)(H,27,29,30)/t14-,19-/m1/s1. The van der Waals surface area contributed by atoms with E-state index in [2.05, 4.69) is 26.1 Å². The Morgan fingerprint density at radius 3 is 2.56 bits per heavy atom. The quantitative estimate of drug-likeness (QED) is 0.398. The maximum Gasteiger partial charge on any atom is 0.319 e. The van der Waals surface area contributed by atoms with Gasteiger partial charge in [-0.3, -0.25) is 10.1 Å². The van der Waals surface area contributed by atoms with Crippen molar-refractivity contribution in [3.8, 4) is 10.6 Å². The monoisotopic (exact) mass is 471 g/mol. The van der Waals surface area contributed by atoms with Crippen molar-refractivity contribution in [3.63, 3.8) is 0 Å². The Bertz CT molecular complexity index is 1090. The Hall–Kier alpha value is -2.97. The van der Waals surface area contributed by atoms with Crippen molar-refractivity contribution in [2.75, 3.05) is 10.6 Å². The van der Waals surface area contributed by atoms with Crippen molar-refractivity contribution >= 4 is 45.7 Å². The molecule has 3 rings (SSSR count). The molecule has 1 aromatic heterocycles. The molecule has 168 valence electrons. The van der Waals surface area contributed by atoms with Gasteiger partial charge in [0.25, 0.3) is 0 Å². The number of hydrogen-bond acceptors (Lipinski definition) is 5. The molecule has 0 fully saturated rings. The third-order valence-corrected chi connectivity index (χ3v) is 6.22. The third-order valence-electron chi connectivity index (χ3n) is 5.10. The van der Waals surface area contributed by atoms with E-state index >= 15 is 0 Å². The van der Waals surface area contributed by atoms with Gasteiger partial charge in [-0.2, -0.15) is 0 Å². The first-order chi connectivity index (χ1) is 15.4. The van der Waals surface area contributed by atoms with Gasteiger partial charge in [0.1, 0.15) is 11.0 Å². The van der Waals surface area contributed by atoms with Crippen LogP contribution in [0.4, 0.5) is 15.6 Å². The first-order valence-electron chi connectivity index (χ1n) is 10.5. The zero-order valence-corrected chi connectivity index (χ0v) is 19.8. The molecular weight excluding hydrogens is 446 g/mol. The zero-order valence-electron chi connectivity index (χ0n) is 18.2. The van der Waals surface area contributed by atoms with Crippen LogP contribution in [0.15, 0.2) is 48.5 Å².